The van der Waals surface area contributed by atoms with E-state index in [1.807, 2.05) is 39.8 Å². The van der Waals surface area contributed by atoms with Crippen molar-refractivity contribution in [3.63, 3.8) is 0 Å². The van der Waals surface area contributed by atoms with Crippen molar-refractivity contribution in [3.05, 3.63) is 82.2 Å². The molecule has 0 saturated heterocycles. The van der Waals surface area contributed by atoms with E-state index in [4.69, 9.17) is 9.98 Å². The largest absolute Gasteiger partial charge is 0.352 e. The Morgan fingerprint density at radius 2 is 1.82 bits per heavy atom. The number of hydrogen-bond acceptors (Lipinski definition) is 3. The number of rotatable bonds is 10. The predicted octanol–water partition coefficient (Wildman–Crippen LogP) is 7.03. The Morgan fingerprint density at radius 3 is 2.48 bits per heavy atom. The molecule has 1 amide bonds. The van der Waals surface area contributed by atoms with Crippen LogP contribution in [0.25, 0.3) is 0 Å². The van der Waals surface area contributed by atoms with Crippen LogP contribution in [0.2, 0.25) is 0 Å². The molecule has 2 rings (SSSR count). The molecule has 1 aliphatic carbocycles. The molecule has 0 radical (unpaired) electrons. The molecule has 1 N–H and O–H groups in total. The van der Waals surface area contributed by atoms with Gasteiger partial charge >= 0.3 is 0 Å². The van der Waals surface area contributed by atoms with E-state index in [-0.39, 0.29) is 5.91 Å². The zero-order chi connectivity index (χ0) is 24.2. The van der Waals surface area contributed by atoms with Crippen LogP contribution in [0.15, 0.2) is 81.1 Å². The van der Waals surface area contributed by atoms with Crippen LogP contribution in [-0.2, 0) is 4.79 Å². The van der Waals surface area contributed by atoms with Crippen molar-refractivity contribution >= 4 is 17.3 Å². The van der Waals surface area contributed by atoms with Gasteiger partial charge in [-0.3, -0.25) is 14.8 Å². The lowest BCUT2D eigenvalue weighted by molar-refractivity contribution is -0.120. The molecule has 0 aliphatic heterocycles. The minimum absolute atomic E-state index is 0.0155. The van der Waals surface area contributed by atoms with Crippen molar-refractivity contribution in [2.24, 2.45) is 9.98 Å². The lowest BCUT2D eigenvalue weighted by Gasteiger charge is -2.16. The van der Waals surface area contributed by atoms with Crippen molar-refractivity contribution in [1.82, 2.24) is 5.32 Å². The number of carbonyl (C=O) groups excluding carboxylic acids is 1. The van der Waals surface area contributed by atoms with Gasteiger partial charge in [0.05, 0.1) is 11.4 Å². The molecule has 176 valence electrons. The van der Waals surface area contributed by atoms with Gasteiger partial charge in [0.1, 0.15) is 0 Å². The molecular formula is C29H39N3O. The summed E-state index contributed by atoms with van der Waals surface area (Å²) >= 11 is 0. The Morgan fingerprint density at radius 1 is 1.09 bits per heavy atom. The van der Waals surface area contributed by atoms with Crippen molar-refractivity contribution in [2.75, 3.05) is 6.54 Å². The van der Waals surface area contributed by atoms with Crippen molar-refractivity contribution in [2.45, 2.75) is 73.6 Å². The monoisotopic (exact) mass is 445 g/mol. The average molecular weight is 446 g/mol. The van der Waals surface area contributed by atoms with Crippen LogP contribution in [0, 0.1) is 6.92 Å². The molecule has 0 spiro atoms. The highest BCUT2D eigenvalue weighted by Gasteiger charge is 2.10. The first kappa shape index (κ1) is 26.2. The van der Waals surface area contributed by atoms with Gasteiger partial charge in [0, 0.05) is 29.9 Å². The normalized spacial score (nSPS) is 15.8. The lowest BCUT2D eigenvalue weighted by Crippen LogP contribution is -2.25. The third-order valence-electron chi connectivity index (χ3n) is 5.71. The fourth-order valence-corrected chi connectivity index (χ4v) is 3.71. The van der Waals surface area contributed by atoms with Gasteiger partial charge in [0.15, 0.2) is 0 Å². The highest BCUT2D eigenvalue weighted by Crippen LogP contribution is 2.22. The maximum absolute atomic E-state index is 12.4. The number of benzene rings is 1. The van der Waals surface area contributed by atoms with Crippen molar-refractivity contribution in [3.8, 4) is 0 Å². The van der Waals surface area contributed by atoms with Gasteiger partial charge in [-0.15, -0.1) is 0 Å². The predicted molar refractivity (Wildman–Crippen MR) is 142 cm³/mol. The van der Waals surface area contributed by atoms with E-state index in [1.54, 1.807) is 0 Å². The van der Waals surface area contributed by atoms with Gasteiger partial charge in [0.2, 0.25) is 5.91 Å². The van der Waals surface area contributed by atoms with Crippen LogP contribution in [0.5, 0.6) is 0 Å². The molecule has 1 aromatic rings. The zero-order valence-electron chi connectivity index (χ0n) is 21.2. The number of aliphatic imine (C=N–C) groups is 2. The summed E-state index contributed by atoms with van der Waals surface area (Å²) in [7, 11) is 0. The molecule has 1 aliphatic rings. The van der Waals surface area contributed by atoms with E-state index in [0.29, 0.717) is 13.0 Å². The van der Waals surface area contributed by atoms with Gasteiger partial charge in [-0.25, -0.2) is 0 Å². The molecule has 0 atom stereocenters. The number of hydrogen-bond donors (Lipinski definition) is 1. The van der Waals surface area contributed by atoms with Crippen LogP contribution < -0.4 is 5.32 Å². The summed E-state index contributed by atoms with van der Waals surface area (Å²) < 4.78 is 0. The highest BCUT2D eigenvalue weighted by molar-refractivity contribution is 6.48. The molecular weight excluding hydrogens is 406 g/mol. The Bertz CT molecular complexity index is 1000. The smallest absolute Gasteiger partial charge is 0.224 e. The SMILES string of the molecule is C/C=C(\C)N=C(C(C)=N/C(C)=C/CC(=O)NCC1=C(CCC)CCC=C1)c1ccc(C)cc1. The topological polar surface area (TPSA) is 53.8 Å². The summed E-state index contributed by atoms with van der Waals surface area (Å²) in [5.41, 5.74) is 8.41. The lowest BCUT2D eigenvalue weighted by atomic mass is 9.94. The molecule has 0 fully saturated rings. The standard InChI is InChI=1S/C29H39N3O/c1-7-11-25-12-9-10-13-27(25)20-30-28(33)19-16-23(5)31-24(6)29(32-22(4)8-2)26-17-14-21(3)15-18-26/h8,10,13-18H,7,9,11-12,19-20H2,1-6H3,(H,30,33)/b22-8+,23-16+,31-24?,32-29?. The van der Waals surface area contributed by atoms with E-state index in [0.717, 1.165) is 54.1 Å². The Hall–Kier alpha value is -3.01. The summed E-state index contributed by atoms with van der Waals surface area (Å²) in [6.07, 6.45) is 13.0. The third kappa shape index (κ3) is 8.80. The highest BCUT2D eigenvalue weighted by atomic mass is 16.1. The number of carbonyl (C=O) groups is 1. The minimum Gasteiger partial charge on any atom is -0.352 e. The molecule has 33 heavy (non-hydrogen) atoms. The Kier molecular flexibility index (Phi) is 10.8. The number of amides is 1. The van der Waals surface area contributed by atoms with Gasteiger partial charge in [0.25, 0.3) is 0 Å². The van der Waals surface area contributed by atoms with Crippen LogP contribution in [0.4, 0.5) is 0 Å². The molecule has 0 heterocycles. The van der Waals surface area contributed by atoms with Gasteiger partial charge < -0.3 is 5.32 Å². The van der Waals surface area contributed by atoms with E-state index < -0.39 is 0 Å². The van der Waals surface area contributed by atoms with E-state index >= 15 is 0 Å². The maximum atomic E-state index is 12.4. The molecule has 4 heteroatoms. The number of aryl methyl sites for hydroxylation is 1. The van der Waals surface area contributed by atoms with E-state index in [9.17, 15) is 4.79 Å². The Balaban J connectivity index is 2.07. The number of nitrogens with one attached hydrogen (secondary N) is 1. The fraction of sp³-hybridized carbons (Fsp3) is 0.414. The van der Waals surface area contributed by atoms with Crippen LogP contribution >= 0.6 is 0 Å². The summed E-state index contributed by atoms with van der Waals surface area (Å²) in [4.78, 5) is 21.9. The van der Waals surface area contributed by atoms with Crippen LogP contribution in [0.1, 0.15) is 77.8 Å². The second kappa shape index (κ2) is 13.5. The molecule has 0 aromatic heterocycles. The molecule has 1 aromatic carbocycles. The Labute approximate surface area is 200 Å². The quantitative estimate of drug-likeness (QED) is 0.386. The second-order valence-electron chi connectivity index (χ2n) is 8.60. The first-order chi connectivity index (χ1) is 15.8. The minimum atomic E-state index is 0.0155. The van der Waals surface area contributed by atoms with Crippen molar-refractivity contribution < 1.29 is 4.79 Å². The van der Waals surface area contributed by atoms with E-state index in [1.165, 1.54) is 16.7 Å². The zero-order valence-corrected chi connectivity index (χ0v) is 21.2. The summed E-state index contributed by atoms with van der Waals surface area (Å²) in [5, 5.41) is 3.06. The molecule has 0 saturated carbocycles. The third-order valence-corrected chi connectivity index (χ3v) is 5.71. The summed E-state index contributed by atoms with van der Waals surface area (Å²) in [5.74, 6) is 0.0155. The molecule has 0 bridgehead atoms. The van der Waals surface area contributed by atoms with Crippen molar-refractivity contribution in [1.29, 1.82) is 0 Å². The van der Waals surface area contributed by atoms with Gasteiger partial charge in [-0.05, 0) is 59.5 Å². The first-order valence-electron chi connectivity index (χ1n) is 12.0. The van der Waals surface area contributed by atoms with Gasteiger partial charge in [-0.1, -0.05) is 73.1 Å². The maximum Gasteiger partial charge on any atom is 0.224 e. The van der Waals surface area contributed by atoms with Crippen LogP contribution in [0.3, 0.4) is 0 Å². The molecule has 4 nitrogen and oxygen atoms in total. The fourth-order valence-electron chi connectivity index (χ4n) is 3.71. The molecule has 0 unspecified atom stereocenters. The first-order valence-corrected chi connectivity index (χ1v) is 12.0. The summed E-state index contributed by atoms with van der Waals surface area (Å²) in [6.45, 7) is 12.7. The summed E-state index contributed by atoms with van der Waals surface area (Å²) in [6, 6.07) is 8.31. The number of allylic oxidation sites excluding steroid dienone is 5. The average Bonchev–Trinajstić information content (AvgIpc) is 2.81. The number of nitrogens with zero attached hydrogens (tertiary/aromatic N) is 2. The van der Waals surface area contributed by atoms with Crippen LogP contribution in [-0.4, -0.2) is 23.9 Å². The van der Waals surface area contributed by atoms with Gasteiger partial charge in [-0.2, -0.15) is 0 Å². The second-order valence-corrected chi connectivity index (χ2v) is 8.60. The van der Waals surface area contributed by atoms with E-state index in [2.05, 4.69) is 55.6 Å².